The molecule has 1 N–H and O–H groups in total. The van der Waals surface area contributed by atoms with Gasteiger partial charge < -0.3 is 10.1 Å². The van der Waals surface area contributed by atoms with Crippen molar-refractivity contribution >= 4 is 27.7 Å². The first kappa shape index (κ1) is 14.6. The number of carbonyl (C=O) groups excluding carboxylic acids is 1. The monoisotopic (exact) mass is 337 g/mol. The summed E-state index contributed by atoms with van der Waals surface area (Å²) in [5, 5.41) is 7.04. The fourth-order valence-corrected chi connectivity index (χ4v) is 2.50. The molecule has 6 heteroatoms. The van der Waals surface area contributed by atoms with E-state index in [9.17, 15) is 4.79 Å². The minimum absolute atomic E-state index is 0.246. The third-order valence-corrected chi connectivity index (χ3v) is 3.62. The molecule has 1 heterocycles. The number of amides is 1. The number of nitrogens with one attached hydrogen (secondary N) is 1. The molecule has 0 atom stereocenters. The minimum atomic E-state index is -0.246. The van der Waals surface area contributed by atoms with Gasteiger partial charge in [0.25, 0.3) is 5.91 Å². The Hall–Kier alpha value is -1.82. The van der Waals surface area contributed by atoms with Crippen LogP contribution in [0.2, 0.25) is 0 Å². The van der Waals surface area contributed by atoms with Crippen molar-refractivity contribution in [2.45, 2.75) is 13.3 Å². The van der Waals surface area contributed by atoms with Crippen molar-refractivity contribution < 1.29 is 9.53 Å². The summed E-state index contributed by atoms with van der Waals surface area (Å²) in [5.74, 6) is 0.803. The third-order valence-electron chi connectivity index (χ3n) is 3.00. The van der Waals surface area contributed by atoms with Crippen LogP contribution in [-0.4, -0.2) is 22.8 Å². The highest BCUT2D eigenvalue weighted by molar-refractivity contribution is 9.10. The van der Waals surface area contributed by atoms with Gasteiger partial charge in [0.15, 0.2) is 5.82 Å². The molecule has 2 rings (SSSR count). The molecule has 0 unspecified atom stereocenters. The van der Waals surface area contributed by atoms with Gasteiger partial charge in [-0.1, -0.05) is 13.0 Å². The molecule has 0 fully saturated rings. The Labute approximate surface area is 126 Å². The summed E-state index contributed by atoms with van der Waals surface area (Å²) in [7, 11) is 3.39. The predicted octanol–water partition coefficient (Wildman–Crippen LogP) is 3.01. The zero-order chi connectivity index (χ0) is 14.7. The average molecular weight is 338 g/mol. The van der Waals surface area contributed by atoms with E-state index >= 15 is 0 Å². The SMILES string of the molecule is CCc1cc(NC(=O)c2cccc(Br)c2OC)nn1C. The third kappa shape index (κ3) is 2.85. The number of nitrogens with zero attached hydrogens (tertiary/aromatic N) is 2. The lowest BCUT2D eigenvalue weighted by Crippen LogP contribution is -2.14. The average Bonchev–Trinajstić information content (AvgIpc) is 2.78. The van der Waals surface area contributed by atoms with Crippen LogP contribution in [-0.2, 0) is 13.5 Å². The number of halogens is 1. The number of hydrogen-bond acceptors (Lipinski definition) is 3. The van der Waals surface area contributed by atoms with Crippen LogP contribution in [0.1, 0.15) is 23.0 Å². The van der Waals surface area contributed by atoms with E-state index in [1.165, 1.54) is 7.11 Å². The normalized spacial score (nSPS) is 10.4. The molecule has 1 aromatic heterocycles. The number of ether oxygens (including phenoxy) is 1. The molecule has 0 aliphatic rings. The van der Waals surface area contributed by atoms with E-state index in [1.807, 2.05) is 26.1 Å². The van der Waals surface area contributed by atoms with Crippen LogP contribution in [0.25, 0.3) is 0 Å². The Morgan fingerprint density at radius 3 is 2.85 bits per heavy atom. The number of para-hydroxylation sites is 1. The second-order valence-electron chi connectivity index (χ2n) is 4.27. The highest BCUT2D eigenvalue weighted by atomic mass is 79.9. The number of rotatable bonds is 4. The van der Waals surface area contributed by atoms with Gasteiger partial charge in [0.2, 0.25) is 0 Å². The number of aromatic nitrogens is 2. The van der Waals surface area contributed by atoms with Crippen molar-refractivity contribution in [1.29, 1.82) is 0 Å². The minimum Gasteiger partial charge on any atom is -0.495 e. The molecule has 0 bridgehead atoms. The fraction of sp³-hybridized carbons (Fsp3) is 0.286. The Bertz CT molecular complexity index is 637. The number of hydrogen-bond donors (Lipinski definition) is 1. The first-order chi connectivity index (χ1) is 9.56. The number of methoxy groups -OCH3 is 1. The Morgan fingerprint density at radius 2 is 2.25 bits per heavy atom. The summed E-state index contributed by atoms with van der Waals surface area (Å²) in [6, 6.07) is 7.19. The maximum Gasteiger partial charge on any atom is 0.260 e. The van der Waals surface area contributed by atoms with Gasteiger partial charge in [-0.2, -0.15) is 5.10 Å². The van der Waals surface area contributed by atoms with Crippen LogP contribution in [0, 0.1) is 0 Å². The van der Waals surface area contributed by atoms with E-state index < -0.39 is 0 Å². The maximum atomic E-state index is 12.3. The van der Waals surface area contributed by atoms with Gasteiger partial charge in [0.05, 0.1) is 17.1 Å². The highest BCUT2D eigenvalue weighted by Gasteiger charge is 2.16. The molecular weight excluding hydrogens is 322 g/mol. The summed E-state index contributed by atoms with van der Waals surface area (Å²) in [6.45, 7) is 2.04. The molecule has 0 aliphatic carbocycles. The van der Waals surface area contributed by atoms with Crippen LogP contribution in [0.3, 0.4) is 0 Å². The first-order valence-electron chi connectivity index (χ1n) is 6.23. The number of aryl methyl sites for hydroxylation is 2. The molecule has 106 valence electrons. The lowest BCUT2D eigenvalue weighted by Gasteiger charge is -2.09. The van der Waals surface area contributed by atoms with Crippen LogP contribution < -0.4 is 10.1 Å². The molecule has 20 heavy (non-hydrogen) atoms. The Morgan fingerprint density at radius 1 is 1.50 bits per heavy atom. The van der Waals surface area contributed by atoms with Crippen molar-refractivity contribution in [2.75, 3.05) is 12.4 Å². The quantitative estimate of drug-likeness (QED) is 0.932. The van der Waals surface area contributed by atoms with Crippen molar-refractivity contribution in [1.82, 2.24) is 9.78 Å². The van der Waals surface area contributed by atoms with E-state index in [2.05, 4.69) is 26.3 Å². The van der Waals surface area contributed by atoms with Gasteiger partial charge in [-0.05, 0) is 34.5 Å². The van der Waals surface area contributed by atoms with Crippen LogP contribution in [0.15, 0.2) is 28.7 Å². The van der Waals surface area contributed by atoms with Gasteiger partial charge in [-0.15, -0.1) is 0 Å². The van der Waals surface area contributed by atoms with Gasteiger partial charge in [-0.25, -0.2) is 0 Å². The first-order valence-corrected chi connectivity index (χ1v) is 7.02. The molecule has 2 aromatic rings. The number of carbonyl (C=O) groups is 1. The summed E-state index contributed by atoms with van der Waals surface area (Å²) in [5.41, 5.74) is 1.52. The van der Waals surface area contributed by atoms with Gasteiger partial charge in [-0.3, -0.25) is 9.48 Å². The van der Waals surface area contributed by atoms with E-state index in [1.54, 1.807) is 16.8 Å². The second-order valence-corrected chi connectivity index (χ2v) is 5.13. The number of benzene rings is 1. The van der Waals surface area contributed by atoms with Crippen molar-refractivity contribution in [3.63, 3.8) is 0 Å². The zero-order valence-electron chi connectivity index (χ0n) is 11.6. The van der Waals surface area contributed by atoms with Crippen molar-refractivity contribution in [3.05, 3.63) is 40.0 Å². The smallest absolute Gasteiger partial charge is 0.260 e. The van der Waals surface area contributed by atoms with Crippen molar-refractivity contribution in [3.8, 4) is 5.75 Å². The summed E-state index contributed by atoms with van der Waals surface area (Å²) < 4.78 is 7.75. The largest absolute Gasteiger partial charge is 0.495 e. The van der Waals surface area contributed by atoms with Crippen LogP contribution >= 0.6 is 15.9 Å². The van der Waals surface area contributed by atoms with Crippen LogP contribution in [0.4, 0.5) is 5.82 Å². The number of anilines is 1. The molecule has 1 amide bonds. The van der Waals surface area contributed by atoms with E-state index in [-0.39, 0.29) is 5.91 Å². The zero-order valence-corrected chi connectivity index (χ0v) is 13.2. The molecule has 0 aliphatic heterocycles. The fourth-order valence-electron chi connectivity index (χ4n) is 1.98. The second kappa shape index (κ2) is 6.09. The van der Waals surface area contributed by atoms with E-state index in [0.29, 0.717) is 17.1 Å². The summed E-state index contributed by atoms with van der Waals surface area (Å²) in [4.78, 5) is 12.3. The summed E-state index contributed by atoms with van der Waals surface area (Å²) >= 11 is 3.36. The lowest BCUT2D eigenvalue weighted by molar-refractivity contribution is 0.102. The van der Waals surface area contributed by atoms with Crippen molar-refractivity contribution in [2.24, 2.45) is 7.05 Å². The van der Waals surface area contributed by atoms with Gasteiger partial charge in [0.1, 0.15) is 5.75 Å². The Balaban J connectivity index is 2.26. The van der Waals surface area contributed by atoms with Crippen LogP contribution in [0.5, 0.6) is 5.75 Å². The van der Waals surface area contributed by atoms with E-state index in [4.69, 9.17) is 4.74 Å². The maximum absolute atomic E-state index is 12.3. The highest BCUT2D eigenvalue weighted by Crippen LogP contribution is 2.29. The molecule has 1 aromatic carbocycles. The standard InChI is InChI=1S/C14H16BrN3O2/c1-4-9-8-12(17-18(9)2)16-14(19)10-6-5-7-11(15)13(10)20-3/h5-8H,4H2,1-3H3,(H,16,17,19). The molecular formula is C14H16BrN3O2. The van der Waals surface area contributed by atoms with E-state index in [0.717, 1.165) is 16.6 Å². The van der Waals surface area contributed by atoms with Gasteiger partial charge >= 0.3 is 0 Å². The lowest BCUT2D eigenvalue weighted by atomic mass is 10.2. The molecule has 5 nitrogen and oxygen atoms in total. The molecule has 0 radical (unpaired) electrons. The Kier molecular flexibility index (Phi) is 4.44. The molecule has 0 spiro atoms. The summed E-state index contributed by atoms with van der Waals surface area (Å²) in [6.07, 6.45) is 0.861. The topological polar surface area (TPSA) is 56.1 Å². The molecule has 0 saturated carbocycles. The predicted molar refractivity (Wildman–Crippen MR) is 81.2 cm³/mol. The molecule has 0 saturated heterocycles. The van der Waals surface area contributed by atoms with Gasteiger partial charge in [0, 0.05) is 18.8 Å².